The molecule has 1 heterocycles. The molecule has 0 bridgehead atoms. The number of imidazole rings is 1. The summed E-state index contributed by atoms with van der Waals surface area (Å²) in [5.74, 6) is 0. The Hall–Kier alpha value is -1.39. The molecule has 60 valence electrons. The lowest BCUT2D eigenvalue weighted by Gasteiger charge is -1.89. The highest BCUT2D eigenvalue weighted by Gasteiger charge is 1.89. The van der Waals surface area contributed by atoms with Crippen molar-refractivity contribution in [2.24, 2.45) is 29.5 Å². The molecule has 0 unspecified atom stereocenters. The summed E-state index contributed by atoms with van der Waals surface area (Å²) < 4.78 is 17.9. The minimum atomic E-state index is 0.104. The first kappa shape index (κ1) is 5.29. The average Bonchev–Trinajstić information content (AvgIpc) is 2.30. The third kappa shape index (κ3) is 1.54. The van der Waals surface area contributed by atoms with Crippen LogP contribution in [0.15, 0.2) is 27.8 Å². The van der Waals surface area contributed by atoms with Crippen molar-refractivity contribution >= 4 is 0 Å². The number of hydrogen-bond donors (Lipinski definition) is 0. The van der Waals surface area contributed by atoms with Crippen LogP contribution >= 0.6 is 0 Å². The van der Waals surface area contributed by atoms with Crippen molar-refractivity contribution < 1.29 is 2.74 Å². The van der Waals surface area contributed by atoms with E-state index in [9.17, 15) is 0 Å². The lowest BCUT2D eigenvalue weighted by Crippen LogP contribution is -2.20. The van der Waals surface area contributed by atoms with Gasteiger partial charge in [-0.1, -0.05) is 5.10 Å². The van der Waals surface area contributed by atoms with E-state index in [2.05, 4.69) is 15.4 Å². The Kier molecular flexibility index (Phi) is 1.51. The minimum absolute atomic E-state index is 0.104. The highest BCUT2D eigenvalue weighted by molar-refractivity contribution is 4.76. The van der Waals surface area contributed by atoms with E-state index in [4.69, 9.17) is 2.74 Å². The van der Waals surface area contributed by atoms with Gasteiger partial charge in [0.2, 0.25) is 5.62 Å². The quantitative estimate of drug-likeness (QED) is 0.412. The van der Waals surface area contributed by atoms with Gasteiger partial charge in [0.05, 0.1) is 9.79 Å². The molecule has 0 N–H and O–H groups in total. The normalized spacial score (nSPS) is 13.4. The topological polar surface area (TPSA) is 46.9 Å². The third-order valence-corrected chi connectivity index (χ3v) is 1.21. The van der Waals surface area contributed by atoms with E-state index >= 15 is 0 Å². The second-order valence-electron chi connectivity index (χ2n) is 2.03. The van der Waals surface area contributed by atoms with Crippen molar-refractivity contribution in [1.82, 2.24) is 9.13 Å². The number of hydrogen-bond acceptors (Lipinski definition) is 2. The molecule has 5 nitrogen and oxygen atoms in total. The standard InChI is InChI=1S/C6H11N5/c1-7-9-8-6-10(2)4-5-11(6)3/h4-5H,1-3H3/i4D,5D. The molecule has 0 aromatic carbocycles. The second kappa shape index (κ2) is 3.14. The lowest BCUT2D eigenvalue weighted by atomic mass is 10.9. The molecule has 0 aliphatic carbocycles. The molecule has 0 aliphatic rings. The van der Waals surface area contributed by atoms with Crippen LogP contribution in [0.2, 0.25) is 0 Å². The summed E-state index contributed by atoms with van der Waals surface area (Å²) in [6, 6.07) is 0. The Morgan fingerprint density at radius 3 is 2.36 bits per heavy atom. The van der Waals surface area contributed by atoms with Gasteiger partial charge in [-0.3, -0.25) is 0 Å². The van der Waals surface area contributed by atoms with Crippen LogP contribution in [0, 0.1) is 0 Å². The molecule has 0 fully saturated rings. The summed E-state index contributed by atoms with van der Waals surface area (Å²) in [6.45, 7) is 0. The highest BCUT2D eigenvalue weighted by Crippen LogP contribution is 1.77. The van der Waals surface area contributed by atoms with E-state index in [1.54, 1.807) is 14.1 Å². The zero-order chi connectivity index (χ0) is 10.0. The fraction of sp³-hybridized carbons (Fsp3) is 0.500. The van der Waals surface area contributed by atoms with Crippen molar-refractivity contribution in [1.29, 1.82) is 0 Å². The van der Waals surface area contributed by atoms with Crippen LogP contribution in [-0.2, 0) is 14.1 Å². The van der Waals surface area contributed by atoms with E-state index in [0.717, 1.165) is 0 Å². The maximum absolute atomic E-state index is 7.46. The molecule has 11 heavy (non-hydrogen) atoms. The second-order valence-corrected chi connectivity index (χ2v) is 2.03. The third-order valence-electron chi connectivity index (χ3n) is 1.21. The van der Waals surface area contributed by atoms with Gasteiger partial charge in [0, 0.05) is 26.4 Å². The van der Waals surface area contributed by atoms with Gasteiger partial charge < -0.3 is 9.13 Å². The molecule has 0 amide bonds. The van der Waals surface area contributed by atoms with Crippen molar-refractivity contribution in [3.05, 3.63) is 18.0 Å². The van der Waals surface area contributed by atoms with Crippen molar-refractivity contribution in [2.45, 2.75) is 0 Å². The minimum Gasteiger partial charge on any atom is -0.319 e. The van der Waals surface area contributed by atoms with E-state index in [-0.39, 0.29) is 12.3 Å². The van der Waals surface area contributed by atoms with Gasteiger partial charge in [-0.2, -0.15) is 5.11 Å². The Balaban J connectivity index is 3.46. The Morgan fingerprint density at radius 2 is 1.91 bits per heavy atom. The van der Waals surface area contributed by atoms with Crippen LogP contribution in [0.4, 0.5) is 0 Å². The fourth-order valence-electron chi connectivity index (χ4n) is 0.694. The van der Waals surface area contributed by atoms with Crippen LogP contribution in [0.25, 0.3) is 0 Å². The number of rotatable bonds is 1. The van der Waals surface area contributed by atoms with Crippen LogP contribution in [0.1, 0.15) is 2.74 Å². The molecule has 0 saturated heterocycles. The summed E-state index contributed by atoms with van der Waals surface area (Å²) in [6.07, 6.45) is 0.208. The molecular formula is C6H11N5. The molecule has 0 radical (unpaired) electrons. The Morgan fingerprint density at radius 1 is 1.36 bits per heavy atom. The molecule has 1 rings (SSSR count). The molecular weight excluding hydrogens is 142 g/mol. The van der Waals surface area contributed by atoms with Gasteiger partial charge in [-0.05, 0) is 5.22 Å². The first-order valence-electron chi connectivity index (χ1n) is 4.11. The van der Waals surface area contributed by atoms with Crippen molar-refractivity contribution in [2.75, 3.05) is 7.05 Å². The molecule has 0 saturated carbocycles. The monoisotopic (exact) mass is 155 g/mol. The van der Waals surface area contributed by atoms with E-state index < -0.39 is 0 Å². The maximum Gasteiger partial charge on any atom is 0.231 e. The Labute approximate surface area is 67.5 Å². The van der Waals surface area contributed by atoms with E-state index in [1.165, 1.54) is 16.2 Å². The molecule has 0 spiro atoms. The van der Waals surface area contributed by atoms with E-state index in [0.29, 0.717) is 5.62 Å². The van der Waals surface area contributed by atoms with Gasteiger partial charge in [0.25, 0.3) is 0 Å². The SMILES string of the molecule is [2H]c1c([2H])n(C)c(=NN=NC)n1C. The predicted molar refractivity (Wildman–Crippen MR) is 40.7 cm³/mol. The summed E-state index contributed by atoms with van der Waals surface area (Å²) in [5.41, 5.74) is 0.431. The molecule has 1 aromatic rings. The highest BCUT2D eigenvalue weighted by atomic mass is 15.4. The number of aromatic nitrogens is 2. The van der Waals surface area contributed by atoms with Crippen molar-refractivity contribution in [3.63, 3.8) is 0 Å². The average molecular weight is 155 g/mol. The van der Waals surface area contributed by atoms with Gasteiger partial charge in [-0.25, -0.2) is 0 Å². The first-order chi connectivity index (χ1) is 6.09. The summed E-state index contributed by atoms with van der Waals surface area (Å²) in [7, 11) is 4.82. The number of nitrogens with zero attached hydrogens (tertiary/aromatic N) is 5. The largest absolute Gasteiger partial charge is 0.319 e. The van der Waals surface area contributed by atoms with Crippen LogP contribution in [-0.4, -0.2) is 16.2 Å². The molecule has 0 aliphatic heterocycles. The predicted octanol–water partition coefficient (Wildman–Crippen LogP) is 0.261. The zero-order valence-corrected chi connectivity index (χ0v) is 6.74. The molecule has 0 atom stereocenters. The fourth-order valence-corrected chi connectivity index (χ4v) is 0.694. The van der Waals surface area contributed by atoms with Crippen LogP contribution in [0.3, 0.4) is 0 Å². The van der Waals surface area contributed by atoms with Gasteiger partial charge in [-0.15, -0.1) is 0 Å². The molecule has 1 aromatic heterocycles. The maximum atomic E-state index is 7.46. The summed E-state index contributed by atoms with van der Waals surface area (Å²) in [5, 5.41) is 10.7. The van der Waals surface area contributed by atoms with Gasteiger partial charge >= 0.3 is 0 Å². The zero-order valence-electron chi connectivity index (χ0n) is 8.74. The van der Waals surface area contributed by atoms with Gasteiger partial charge in [0.1, 0.15) is 0 Å². The van der Waals surface area contributed by atoms with Crippen LogP contribution in [0.5, 0.6) is 0 Å². The Bertz CT molecular complexity index is 371. The summed E-state index contributed by atoms with van der Waals surface area (Å²) in [4.78, 5) is 0. The van der Waals surface area contributed by atoms with E-state index in [1.807, 2.05) is 0 Å². The molecule has 5 heteroatoms. The van der Waals surface area contributed by atoms with Gasteiger partial charge in [0.15, 0.2) is 0 Å². The smallest absolute Gasteiger partial charge is 0.231 e. The summed E-state index contributed by atoms with van der Waals surface area (Å²) >= 11 is 0. The van der Waals surface area contributed by atoms with Crippen LogP contribution < -0.4 is 5.62 Å². The van der Waals surface area contributed by atoms with Crippen molar-refractivity contribution in [3.8, 4) is 0 Å². The first-order valence-corrected chi connectivity index (χ1v) is 3.11. The lowest BCUT2D eigenvalue weighted by molar-refractivity contribution is 0.716.